The van der Waals surface area contributed by atoms with Crippen LogP contribution in [0.25, 0.3) is 10.9 Å². The van der Waals surface area contributed by atoms with E-state index in [-0.39, 0.29) is 11.9 Å². The molecule has 1 fully saturated rings. The van der Waals surface area contributed by atoms with Crippen molar-refractivity contribution < 1.29 is 14.3 Å². The van der Waals surface area contributed by atoms with Gasteiger partial charge in [0.25, 0.3) is 0 Å². The lowest BCUT2D eigenvalue weighted by molar-refractivity contribution is -0.154. The number of hydrogen-bond donors (Lipinski definition) is 1. The fourth-order valence-corrected chi connectivity index (χ4v) is 3.97. The first-order valence-corrected chi connectivity index (χ1v) is 8.00. The largest absolute Gasteiger partial charge is 0.465 e. The summed E-state index contributed by atoms with van der Waals surface area (Å²) in [6.45, 7) is 3.13. The minimum atomic E-state index is -0.618. The lowest BCUT2D eigenvalue weighted by Crippen LogP contribution is -2.41. The minimum absolute atomic E-state index is 0.148. The van der Waals surface area contributed by atoms with Crippen LogP contribution in [0.4, 0.5) is 0 Å². The third-order valence-electron chi connectivity index (χ3n) is 4.72. The molecule has 4 nitrogen and oxygen atoms in total. The molecule has 5 heteroatoms. The van der Waals surface area contributed by atoms with E-state index in [0.29, 0.717) is 19.6 Å². The first-order valence-electron chi connectivity index (χ1n) is 7.21. The van der Waals surface area contributed by atoms with Gasteiger partial charge in [-0.15, -0.1) is 0 Å². The van der Waals surface area contributed by atoms with Crippen molar-refractivity contribution in [1.29, 1.82) is 0 Å². The molecule has 110 valence electrons. The Kier molecular flexibility index (Phi) is 2.91. The van der Waals surface area contributed by atoms with Crippen LogP contribution < -0.4 is 0 Å². The Balaban J connectivity index is 1.91. The molecular formula is C16H16BrNO3. The second-order valence-electron chi connectivity index (χ2n) is 5.88. The van der Waals surface area contributed by atoms with Crippen LogP contribution in [0, 0.1) is 5.92 Å². The Bertz CT molecular complexity index is 738. The number of esters is 1. The number of aromatic nitrogens is 1. The number of carbonyl (C=O) groups excluding carboxylic acids is 1. The summed E-state index contributed by atoms with van der Waals surface area (Å²) >= 11 is 3.53. The van der Waals surface area contributed by atoms with E-state index in [1.165, 1.54) is 10.9 Å². The van der Waals surface area contributed by atoms with Crippen molar-refractivity contribution in [3.8, 4) is 0 Å². The van der Waals surface area contributed by atoms with Crippen LogP contribution >= 0.6 is 15.9 Å². The number of nitrogens with one attached hydrogen (secondary N) is 1. The molecular weight excluding hydrogens is 334 g/mol. The van der Waals surface area contributed by atoms with Crippen molar-refractivity contribution in [2.75, 3.05) is 13.2 Å². The Hall–Kier alpha value is -1.33. The number of rotatable bonds is 1. The highest BCUT2D eigenvalue weighted by Gasteiger charge is 2.49. The molecule has 0 radical (unpaired) electrons. The highest BCUT2D eigenvalue weighted by molar-refractivity contribution is 9.10. The number of halogens is 1. The van der Waals surface area contributed by atoms with Gasteiger partial charge in [-0.25, -0.2) is 0 Å². The number of benzene rings is 1. The number of aromatic amines is 1. The summed E-state index contributed by atoms with van der Waals surface area (Å²) in [7, 11) is 0. The molecule has 2 aliphatic heterocycles. The molecule has 2 aliphatic rings. The van der Waals surface area contributed by atoms with E-state index < -0.39 is 5.60 Å². The van der Waals surface area contributed by atoms with Crippen molar-refractivity contribution in [2.24, 2.45) is 5.92 Å². The molecule has 1 N–H and O–H groups in total. The summed E-state index contributed by atoms with van der Waals surface area (Å²) in [5.41, 5.74) is 2.77. The molecule has 21 heavy (non-hydrogen) atoms. The SMILES string of the molecule is C[C@]1([C@@H]2CCOC2=O)OCCc2c1[nH]c1ccc(Br)cc21. The maximum absolute atomic E-state index is 12.0. The zero-order chi connectivity index (χ0) is 14.6. The summed E-state index contributed by atoms with van der Waals surface area (Å²) in [5.74, 6) is -0.377. The summed E-state index contributed by atoms with van der Waals surface area (Å²) in [4.78, 5) is 15.5. The maximum atomic E-state index is 12.0. The van der Waals surface area contributed by atoms with Gasteiger partial charge in [-0.3, -0.25) is 4.79 Å². The molecule has 0 saturated carbocycles. The first-order chi connectivity index (χ1) is 10.1. The van der Waals surface area contributed by atoms with Crippen molar-refractivity contribution >= 4 is 32.8 Å². The van der Waals surface area contributed by atoms with Crippen molar-refractivity contribution in [3.63, 3.8) is 0 Å². The van der Waals surface area contributed by atoms with Crippen LogP contribution in [-0.4, -0.2) is 24.2 Å². The van der Waals surface area contributed by atoms with E-state index in [1.807, 2.05) is 13.0 Å². The van der Waals surface area contributed by atoms with Gasteiger partial charge in [-0.05, 0) is 43.5 Å². The maximum Gasteiger partial charge on any atom is 0.312 e. The molecule has 2 atom stereocenters. The van der Waals surface area contributed by atoms with Crippen LogP contribution in [0.1, 0.15) is 24.6 Å². The quantitative estimate of drug-likeness (QED) is 0.803. The number of fused-ring (bicyclic) bond motifs is 3. The smallest absolute Gasteiger partial charge is 0.312 e. The molecule has 0 amide bonds. The zero-order valence-corrected chi connectivity index (χ0v) is 13.3. The predicted molar refractivity (Wildman–Crippen MR) is 82.1 cm³/mol. The van der Waals surface area contributed by atoms with Crippen LogP contribution in [0.15, 0.2) is 22.7 Å². The molecule has 2 aromatic rings. The van der Waals surface area contributed by atoms with Gasteiger partial charge in [0.05, 0.1) is 24.8 Å². The number of ether oxygens (including phenoxy) is 2. The van der Waals surface area contributed by atoms with Crippen molar-refractivity contribution in [1.82, 2.24) is 4.98 Å². The van der Waals surface area contributed by atoms with Gasteiger partial charge in [0.15, 0.2) is 0 Å². The Morgan fingerprint density at radius 3 is 3.00 bits per heavy atom. The minimum Gasteiger partial charge on any atom is -0.465 e. The topological polar surface area (TPSA) is 51.3 Å². The van der Waals surface area contributed by atoms with Crippen molar-refractivity contribution in [3.05, 3.63) is 33.9 Å². The van der Waals surface area contributed by atoms with E-state index >= 15 is 0 Å². The second kappa shape index (κ2) is 4.58. The number of H-pyrrole nitrogens is 1. The van der Waals surface area contributed by atoms with Crippen LogP contribution in [-0.2, 0) is 26.3 Å². The molecule has 1 aromatic heterocycles. The molecule has 4 rings (SSSR count). The van der Waals surface area contributed by atoms with E-state index in [9.17, 15) is 4.79 Å². The molecule has 0 spiro atoms. The van der Waals surface area contributed by atoms with Crippen LogP contribution in [0.5, 0.6) is 0 Å². The van der Waals surface area contributed by atoms with E-state index in [1.54, 1.807) is 0 Å². The van der Waals surface area contributed by atoms with Crippen LogP contribution in [0.3, 0.4) is 0 Å². The Morgan fingerprint density at radius 1 is 1.38 bits per heavy atom. The standard InChI is InChI=1S/C16H16BrNO3/c1-16(12-5-6-20-15(12)19)14-10(4-7-21-16)11-8-9(17)2-3-13(11)18-14/h2-3,8,12,18H,4-7H2,1H3/t12-,16-/m1/s1. The van der Waals surface area contributed by atoms with Gasteiger partial charge in [-0.2, -0.15) is 0 Å². The normalized spacial score (nSPS) is 28.7. The first kappa shape index (κ1) is 13.3. The Labute approximate surface area is 130 Å². The van der Waals surface area contributed by atoms with Gasteiger partial charge in [0.1, 0.15) is 5.60 Å². The van der Waals surface area contributed by atoms with Gasteiger partial charge in [0, 0.05) is 15.4 Å². The third kappa shape index (κ3) is 1.87. The zero-order valence-electron chi connectivity index (χ0n) is 11.7. The third-order valence-corrected chi connectivity index (χ3v) is 5.21. The molecule has 1 saturated heterocycles. The highest BCUT2D eigenvalue weighted by atomic mass is 79.9. The molecule has 0 aliphatic carbocycles. The molecule has 0 bridgehead atoms. The summed E-state index contributed by atoms with van der Waals surface area (Å²) in [6, 6.07) is 6.21. The average molecular weight is 350 g/mol. The van der Waals surface area contributed by atoms with Gasteiger partial charge < -0.3 is 14.5 Å². The fraction of sp³-hybridized carbons (Fsp3) is 0.438. The molecule has 1 aromatic carbocycles. The lowest BCUT2D eigenvalue weighted by Gasteiger charge is -2.37. The van der Waals surface area contributed by atoms with Gasteiger partial charge in [0.2, 0.25) is 0 Å². The van der Waals surface area contributed by atoms with Gasteiger partial charge in [-0.1, -0.05) is 15.9 Å². The number of carbonyl (C=O) groups is 1. The predicted octanol–water partition coefficient (Wildman–Crippen LogP) is 3.28. The summed E-state index contributed by atoms with van der Waals surface area (Å²) < 4.78 is 12.3. The number of hydrogen-bond acceptors (Lipinski definition) is 3. The summed E-state index contributed by atoms with van der Waals surface area (Å²) in [5, 5.41) is 1.21. The van der Waals surface area contributed by atoms with Gasteiger partial charge >= 0.3 is 5.97 Å². The average Bonchev–Trinajstić information content (AvgIpc) is 3.04. The van der Waals surface area contributed by atoms with E-state index in [2.05, 4.69) is 33.0 Å². The lowest BCUT2D eigenvalue weighted by atomic mass is 9.81. The highest BCUT2D eigenvalue weighted by Crippen LogP contribution is 2.44. The fourth-order valence-electron chi connectivity index (χ4n) is 3.61. The van der Waals surface area contributed by atoms with Crippen LogP contribution in [0.2, 0.25) is 0 Å². The monoisotopic (exact) mass is 349 g/mol. The molecule has 0 unspecified atom stereocenters. The van der Waals surface area contributed by atoms with E-state index in [0.717, 1.165) is 22.1 Å². The summed E-state index contributed by atoms with van der Waals surface area (Å²) in [6.07, 6.45) is 1.58. The van der Waals surface area contributed by atoms with Crippen molar-refractivity contribution in [2.45, 2.75) is 25.4 Å². The Morgan fingerprint density at radius 2 is 2.24 bits per heavy atom. The number of cyclic esters (lactones) is 1. The second-order valence-corrected chi connectivity index (χ2v) is 6.80. The van der Waals surface area contributed by atoms with E-state index in [4.69, 9.17) is 9.47 Å². The molecule has 3 heterocycles.